The van der Waals surface area contributed by atoms with Crippen LogP contribution in [0, 0.1) is 13.8 Å². The Bertz CT molecular complexity index is 729. The van der Waals surface area contributed by atoms with Crippen LogP contribution in [0.3, 0.4) is 0 Å². The van der Waals surface area contributed by atoms with Gasteiger partial charge in [0.25, 0.3) is 0 Å². The van der Waals surface area contributed by atoms with Gasteiger partial charge in [0.2, 0.25) is 0 Å². The van der Waals surface area contributed by atoms with E-state index in [9.17, 15) is 4.79 Å². The van der Waals surface area contributed by atoms with Crippen LogP contribution in [0.25, 0.3) is 0 Å². The topological polar surface area (TPSA) is 32.3 Å². The van der Waals surface area contributed by atoms with Gasteiger partial charge in [-0.25, -0.2) is 4.79 Å². The van der Waals surface area contributed by atoms with Gasteiger partial charge in [-0.1, -0.05) is 47.5 Å². The Morgan fingerprint density at radius 2 is 2.00 bits per heavy atom. The quantitative estimate of drug-likeness (QED) is 0.794. The summed E-state index contributed by atoms with van der Waals surface area (Å²) in [4.78, 5) is 14.6. The third kappa shape index (κ3) is 3.35. The molecule has 1 aliphatic heterocycles. The Kier molecular flexibility index (Phi) is 4.58. The molecule has 1 atom stereocenters. The molecule has 1 N–H and O–H groups in total. The van der Waals surface area contributed by atoms with Crippen LogP contribution < -0.4 is 5.32 Å². The van der Waals surface area contributed by atoms with Gasteiger partial charge in [0.05, 0.1) is 6.04 Å². The first kappa shape index (κ1) is 15.9. The number of carbonyl (C=O) groups is 1. The van der Waals surface area contributed by atoms with Gasteiger partial charge in [-0.05, 0) is 49.9 Å². The molecular formula is C19H21ClN2O. The van der Waals surface area contributed by atoms with E-state index in [0.29, 0.717) is 5.02 Å². The first-order valence-corrected chi connectivity index (χ1v) is 8.33. The van der Waals surface area contributed by atoms with Crippen molar-refractivity contribution in [3.8, 4) is 0 Å². The molecule has 1 aliphatic rings. The highest BCUT2D eigenvalue weighted by Gasteiger charge is 2.30. The molecule has 0 radical (unpaired) electrons. The van der Waals surface area contributed by atoms with Gasteiger partial charge in [-0.2, -0.15) is 0 Å². The van der Waals surface area contributed by atoms with Gasteiger partial charge in [0.1, 0.15) is 0 Å². The number of carbonyl (C=O) groups excluding carboxylic acids is 1. The molecule has 2 amide bonds. The number of urea groups is 1. The summed E-state index contributed by atoms with van der Waals surface area (Å²) in [6, 6.07) is 14.1. The second-order valence-corrected chi connectivity index (χ2v) is 6.52. The van der Waals surface area contributed by atoms with Gasteiger partial charge in [-0.3, -0.25) is 0 Å². The number of aryl methyl sites for hydroxylation is 1. The Morgan fingerprint density at radius 1 is 1.22 bits per heavy atom. The van der Waals surface area contributed by atoms with E-state index >= 15 is 0 Å². The lowest BCUT2D eigenvalue weighted by molar-refractivity contribution is 0.207. The van der Waals surface area contributed by atoms with Crippen molar-refractivity contribution >= 4 is 23.3 Å². The molecule has 2 aromatic rings. The summed E-state index contributed by atoms with van der Waals surface area (Å²) < 4.78 is 0. The molecule has 0 aromatic heterocycles. The molecule has 0 aliphatic carbocycles. The molecule has 2 aromatic carbocycles. The zero-order chi connectivity index (χ0) is 16.4. The summed E-state index contributed by atoms with van der Waals surface area (Å²) in [5, 5.41) is 3.68. The fraction of sp³-hybridized carbons (Fsp3) is 0.316. The minimum atomic E-state index is -0.0561. The number of anilines is 1. The van der Waals surface area contributed by atoms with Crippen LogP contribution in [0.1, 0.15) is 35.6 Å². The maximum absolute atomic E-state index is 12.7. The molecule has 0 spiro atoms. The lowest BCUT2D eigenvalue weighted by atomic mass is 10.0. The van der Waals surface area contributed by atoms with Crippen LogP contribution >= 0.6 is 11.6 Å². The molecule has 1 saturated heterocycles. The summed E-state index contributed by atoms with van der Waals surface area (Å²) in [5.41, 5.74) is 4.10. The number of nitrogens with zero attached hydrogens (tertiary/aromatic N) is 1. The van der Waals surface area contributed by atoms with Gasteiger partial charge >= 0.3 is 6.03 Å². The number of halogens is 1. The first-order chi connectivity index (χ1) is 11.1. The van der Waals surface area contributed by atoms with E-state index in [2.05, 4.69) is 36.5 Å². The standard InChI is InChI=1S/C19H21ClN2O/c1-13-6-3-7-15(12-13)18-10-5-11-22(18)19(23)21-17-9-4-8-16(20)14(17)2/h3-4,6-9,12,18H,5,10-11H2,1-2H3,(H,21,23)/t18-/m1/s1. The summed E-state index contributed by atoms with van der Waals surface area (Å²) in [5.74, 6) is 0. The molecule has 23 heavy (non-hydrogen) atoms. The molecule has 0 unspecified atom stereocenters. The molecule has 0 bridgehead atoms. The average molecular weight is 329 g/mol. The minimum Gasteiger partial charge on any atom is -0.317 e. The number of benzene rings is 2. The molecule has 1 heterocycles. The summed E-state index contributed by atoms with van der Waals surface area (Å²) in [6.07, 6.45) is 2.03. The number of hydrogen-bond donors (Lipinski definition) is 1. The van der Waals surface area contributed by atoms with Crippen molar-refractivity contribution in [2.75, 3.05) is 11.9 Å². The maximum Gasteiger partial charge on any atom is 0.322 e. The van der Waals surface area contributed by atoms with Crippen LogP contribution in [0.2, 0.25) is 5.02 Å². The van der Waals surface area contributed by atoms with E-state index in [1.54, 1.807) is 0 Å². The third-order valence-electron chi connectivity index (χ3n) is 4.45. The van der Waals surface area contributed by atoms with E-state index in [1.165, 1.54) is 11.1 Å². The predicted octanol–water partition coefficient (Wildman–Crippen LogP) is 5.33. The fourth-order valence-corrected chi connectivity index (χ4v) is 3.34. The van der Waals surface area contributed by atoms with Crippen LogP contribution in [0.15, 0.2) is 42.5 Å². The van der Waals surface area contributed by atoms with Gasteiger partial charge in [-0.15, -0.1) is 0 Å². The highest BCUT2D eigenvalue weighted by Crippen LogP contribution is 2.33. The summed E-state index contributed by atoms with van der Waals surface area (Å²) in [7, 11) is 0. The zero-order valence-corrected chi connectivity index (χ0v) is 14.2. The zero-order valence-electron chi connectivity index (χ0n) is 13.5. The van der Waals surface area contributed by atoms with Crippen molar-refractivity contribution in [2.45, 2.75) is 32.7 Å². The molecular weight excluding hydrogens is 308 g/mol. The van der Waals surface area contributed by atoms with Crippen molar-refractivity contribution in [1.82, 2.24) is 4.90 Å². The Labute approximate surface area is 142 Å². The summed E-state index contributed by atoms with van der Waals surface area (Å²) in [6.45, 7) is 4.78. The number of rotatable bonds is 2. The largest absolute Gasteiger partial charge is 0.322 e. The van der Waals surface area contributed by atoms with E-state index in [4.69, 9.17) is 11.6 Å². The number of amides is 2. The van der Waals surface area contributed by atoms with Crippen LogP contribution in [-0.4, -0.2) is 17.5 Å². The van der Waals surface area contributed by atoms with Crippen LogP contribution in [0.4, 0.5) is 10.5 Å². The Hall–Kier alpha value is -2.00. The maximum atomic E-state index is 12.7. The number of likely N-dealkylation sites (tertiary alicyclic amines) is 1. The second-order valence-electron chi connectivity index (χ2n) is 6.11. The Balaban J connectivity index is 1.80. The van der Waals surface area contributed by atoms with Gasteiger partial charge < -0.3 is 10.2 Å². The second kappa shape index (κ2) is 6.63. The van der Waals surface area contributed by atoms with Crippen molar-refractivity contribution in [3.05, 3.63) is 64.2 Å². The highest BCUT2D eigenvalue weighted by molar-refractivity contribution is 6.31. The molecule has 4 heteroatoms. The minimum absolute atomic E-state index is 0.0561. The van der Waals surface area contributed by atoms with E-state index in [-0.39, 0.29) is 12.1 Å². The molecule has 1 fully saturated rings. The third-order valence-corrected chi connectivity index (χ3v) is 4.86. The average Bonchev–Trinajstić information content (AvgIpc) is 3.01. The smallest absolute Gasteiger partial charge is 0.317 e. The molecule has 3 rings (SSSR count). The monoisotopic (exact) mass is 328 g/mol. The van der Waals surface area contributed by atoms with Crippen molar-refractivity contribution < 1.29 is 4.79 Å². The molecule has 120 valence electrons. The van der Waals surface area contributed by atoms with Crippen molar-refractivity contribution in [3.63, 3.8) is 0 Å². The Morgan fingerprint density at radius 3 is 2.78 bits per heavy atom. The normalized spacial score (nSPS) is 17.3. The van der Waals surface area contributed by atoms with E-state index in [1.807, 2.05) is 30.0 Å². The van der Waals surface area contributed by atoms with Crippen molar-refractivity contribution in [2.24, 2.45) is 0 Å². The lowest BCUT2D eigenvalue weighted by Crippen LogP contribution is -2.34. The van der Waals surface area contributed by atoms with Crippen LogP contribution in [-0.2, 0) is 0 Å². The SMILES string of the molecule is Cc1cccc([C@H]2CCCN2C(=O)Nc2cccc(Cl)c2C)c1. The fourth-order valence-electron chi connectivity index (χ4n) is 3.16. The van der Waals surface area contributed by atoms with E-state index in [0.717, 1.165) is 30.6 Å². The molecule has 0 saturated carbocycles. The number of hydrogen-bond acceptors (Lipinski definition) is 1. The highest BCUT2D eigenvalue weighted by atomic mass is 35.5. The van der Waals surface area contributed by atoms with Crippen LogP contribution in [0.5, 0.6) is 0 Å². The van der Waals surface area contributed by atoms with E-state index < -0.39 is 0 Å². The number of nitrogens with one attached hydrogen (secondary N) is 1. The van der Waals surface area contributed by atoms with Gasteiger partial charge in [0.15, 0.2) is 0 Å². The molecule has 3 nitrogen and oxygen atoms in total. The predicted molar refractivity (Wildman–Crippen MR) is 95.1 cm³/mol. The lowest BCUT2D eigenvalue weighted by Gasteiger charge is -2.26. The first-order valence-electron chi connectivity index (χ1n) is 7.95. The van der Waals surface area contributed by atoms with Gasteiger partial charge in [0, 0.05) is 17.3 Å². The summed E-state index contributed by atoms with van der Waals surface area (Å²) >= 11 is 6.13. The van der Waals surface area contributed by atoms with Crippen molar-refractivity contribution in [1.29, 1.82) is 0 Å².